The zero-order valence-corrected chi connectivity index (χ0v) is 13.0. The van der Waals surface area contributed by atoms with Gasteiger partial charge in [-0.25, -0.2) is 0 Å². The van der Waals surface area contributed by atoms with Gasteiger partial charge in [0.1, 0.15) is 22.3 Å². The SMILES string of the molecule is COc1cccc2oc3ccc4ccc(C(F)(F)F)cc4c3c(=O)c12. The molecule has 0 N–H and O–H groups in total. The van der Waals surface area contributed by atoms with E-state index in [0.29, 0.717) is 16.7 Å². The monoisotopic (exact) mass is 344 g/mol. The number of ether oxygens (including phenoxy) is 1. The molecule has 25 heavy (non-hydrogen) atoms. The first-order chi connectivity index (χ1) is 11.9. The summed E-state index contributed by atoms with van der Waals surface area (Å²) < 4.78 is 50.1. The summed E-state index contributed by atoms with van der Waals surface area (Å²) in [6, 6.07) is 11.5. The van der Waals surface area contributed by atoms with E-state index < -0.39 is 17.2 Å². The fourth-order valence-electron chi connectivity index (χ4n) is 3.03. The zero-order chi connectivity index (χ0) is 17.8. The van der Waals surface area contributed by atoms with E-state index in [0.717, 1.165) is 12.1 Å². The first-order valence-electron chi connectivity index (χ1n) is 7.43. The van der Waals surface area contributed by atoms with Crippen LogP contribution in [0.2, 0.25) is 0 Å². The molecule has 0 saturated heterocycles. The average Bonchev–Trinajstić information content (AvgIpc) is 2.59. The topological polar surface area (TPSA) is 39.4 Å². The molecule has 0 aliphatic carbocycles. The number of hydrogen-bond donors (Lipinski definition) is 0. The highest BCUT2D eigenvalue weighted by molar-refractivity contribution is 6.09. The molecular formula is C19H11F3O3. The largest absolute Gasteiger partial charge is 0.496 e. The van der Waals surface area contributed by atoms with Gasteiger partial charge in [0.15, 0.2) is 0 Å². The first kappa shape index (κ1) is 15.5. The quantitative estimate of drug-likeness (QED) is 0.355. The van der Waals surface area contributed by atoms with E-state index in [1.807, 2.05) is 0 Å². The maximum atomic E-state index is 13.1. The number of benzene rings is 3. The van der Waals surface area contributed by atoms with Crippen LogP contribution in [-0.2, 0) is 6.18 Å². The van der Waals surface area contributed by atoms with Crippen molar-refractivity contribution in [2.75, 3.05) is 7.11 Å². The molecule has 0 bridgehead atoms. The summed E-state index contributed by atoms with van der Waals surface area (Å²) in [4.78, 5) is 13.0. The van der Waals surface area contributed by atoms with Crippen molar-refractivity contribution in [3.05, 3.63) is 64.3 Å². The van der Waals surface area contributed by atoms with Gasteiger partial charge in [0.25, 0.3) is 0 Å². The Hall–Kier alpha value is -3.02. The Morgan fingerprint density at radius 2 is 1.68 bits per heavy atom. The van der Waals surface area contributed by atoms with Crippen molar-refractivity contribution in [3.8, 4) is 5.75 Å². The lowest BCUT2D eigenvalue weighted by Gasteiger charge is -2.10. The summed E-state index contributed by atoms with van der Waals surface area (Å²) in [5.74, 6) is 0.317. The van der Waals surface area contributed by atoms with Gasteiger partial charge in [-0.3, -0.25) is 4.79 Å². The fourth-order valence-corrected chi connectivity index (χ4v) is 3.03. The van der Waals surface area contributed by atoms with Crippen LogP contribution in [0.25, 0.3) is 32.7 Å². The maximum absolute atomic E-state index is 13.1. The Kier molecular flexibility index (Phi) is 3.25. The van der Waals surface area contributed by atoms with Crippen LogP contribution in [0.1, 0.15) is 5.56 Å². The van der Waals surface area contributed by atoms with E-state index in [-0.39, 0.29) is 21.7 Å². The van der Waals surface area contributed by atoms with Crippen molar-refractivity contribution in [1.29, 1.82) is 0 Å². The molecule has 0 amide bonds. The highest BCUT2D eigenvalue weighted by Gasteiger charge is 2.30. The predicted octanol–water partition coefficient (Wildman–Crippen LogP) is 5.13. The standard InChI is InChI=1S/C19H11F3O3/c1-24-13-3-2-4-14-17(13)18(23)16-12-9-11(19(20,21)22)7-5-10(12)6-8-15(16)25-14/h2-9H,1H3. The summed E-state index contributed by atoms with van der Waals surface area (Å²) in [6.45, 7) is 0. The number of hydrogen-bond acceptors (Lipinski definition) is 3. The van der Waals surface area contributed by atoms with E-state index in [2.05, 4.69) is 0 Å². The van der Waals surface area contributed by atoms with E-state index >= 15 is 0 Å². The van der Waals surface area contributed by atoms with Gasteiger partial charge in [-0.2, -0.15) is 13.2 Å². The summed E-state index contributed by atoms with van der Waals surface area (Å²) in [5, 5.41) is 1.05. The van der Waals surface area contributed by atoms with Gasteiger partial charge in [-0.05, 0) is 41.1 Å². The van der Waals surface area contributed by atoms with Crippen LogP contribution in [-0.4, -0.2) is 7.11 Å². The van der Waals surface area contributed by atoms with E-state index in [9.17, 15) is 18.0 Å². The fraction of sp³-hybridized carbons (Fsp3) is 0.105. The molecule has 0 spiro atoms. The molecule has 4 rings (SSSR count). The minimum atomic E-state index is -4.49. The average molecular weight is 344 g/mol. The van der Waals surface area contributed by atoms with Gasteiger partial charge < -0.3 is 9.15 Å². The molecule has 0 radical (unpaired) electrons. The highest BCUT2D eigenvalue weighted by Crippen LogP contribution is 2.34. The minimum absolute atomic E-state index is 0.112. The first-order valence-corrected chi connectivity index (χ1v) is 7.43. The molecule has 0 unspecified atom stereocenters. The number of halogens is 3. The summed E-state index contributed by atoms with van der Waals surface area (Å²) in [7, 11) is 1.42. The molecule has 6 heteroatoms. The third kappa shape index (κ3) is 2.33. The number of fused-ring (bicyclic) bond motifs is 4. The van der Waals surface area contributed by atoms with Gasteiger partial charge in [0, 0.05) is 0 Å². The third-order valence-electron chi connectivity index (χ3n) is 4.19. The Balaban J connectivity index is 2.23. The molecule has 1 aromatic heterocycles. The van der Waals surface area contributed by atoms with Crippen LogP contribution in [0.15, 0.2) is 57.7 Å². The van der Waals surface area contributed by atoms with E-state index in [1.165, 1.54) is 13.2 Å². The molecule has 1 heterocycles. The molecule has 0 aliphatic heterocycles. The van der Waals surface area contributed by atoms with Crippen molar-refractivity contribution < 1.29 is 22.3 Å². The van der Waals surface area contributed by atoms with E-state index in [1.54, 1.807) is 30.3 Å². The maximum Gasteiger partial charge on any atom is 0.416 e. The Bertz CT molecular complexity index is 1190. The third-order valence-corrected chi connectivity index (χ3v) is 4.19. The van der Waals surface area contributed by atoms with Crippen LogP contribution in [0.4, 0.5) is 13.2 Å². The van der Waals surface area contributed by atoms with Crippen LogP contribution in [0.3, 0.4) is 0 Å². The van der Waals surface area contributed by atoms with Gasteiger partial charge in [-0.15, -0.1) is 0 Å². The van der Waals surface area contributed by atoms with Crippen molar-refractivity contribution in [3.63, 3.8) is 0 Å². The normalized spacial score (nSPS) is 12.2. The van der Waals surface area contributed by atoms with Gasteiger partial charge in [0.2, 0.25) is 5.43 Å². The van der Waals surface area contributed by atoms with Crippen molar-refractivity contribution >= 4 is 32.7 Å². The lowest BCUT2D eigenvalue weighted by molar-refractivity contribution is -0.137. The second-order valence-corrected chi connectivity index (χ2v) is 5.64. The Morgan fingerprint density at radius 3 is 2.40 bits per heavy atom. The number of rotatable bonds is 1. The smallest absolute Gasteiger partial charge is 0.416 e. The zero-order valence-electron chi connectivity index (χ0n) is 13.0. The van der Waals surface area contributed by atoms with Crippen LogP contribution < -0.4 is 10.2 Å². The summed E-state index contributed by atoms with van der Waals surface area (Å²) in [6.07, 6.45) is -4.49. The number of methoxy groups -OCH3 is 1. The molecule has 126 valence electrons. The van der Waals surface area contributed by atoms with E-state index in [4.69, 9.17) is 9.15 Å². The molecule has 3 aromatic carbocycles. The number of alkyl halides is 3. The molecule has 0 aliphatic rings. The lowest BCUT2D eigenvalue weighted by atomic mass is 10.0. The molecular weight excluding hydrogens is 333 g/mol. The van der Waals surface area contributed by atoms with Crippen molar-refractivity contribution in [2.45, 2.75) is 6.18 Å². The van der Waals surface area contributed by atoms with Crippen LogP contribution >= 0.6 is 0 Å². The second-order valence-electron chi connectivity index (χ2n) is 5.64. The van der Waals surface area contributed by atoms with Gasteiger partial charge in [-0.1, -0.05) is 18.2 Å². The highest BCUT2D eigenvalue weighted by atomic mass is 19.4. The van der Waals surface area contributed by atoms with Crippen molar-refractivity contribution in [2.24, 2.45) is 0 Å². The van der Waals surface area contributed by atoms with Gasteiger partial charge in [0.05, 0.1) is 18.1 Å². The molecule has 0 saturated carbocycles. The summed E-state index contributed by atoms with van der Waals surface area (Å²) in [5.41, 5.74) is -0.675. The van der Waals surface area contributed by atoms with Crippen LogP contribution in [0, 0.1) is 0 Å². The summed E-state index contributed by atoms with van der Waals surface area (Å²) >= 11 is 0. The van der Waals surface area contributed by atoms with Crippen LogP contribution in [0.5, 0.6) is 5.75 Å². The lowest BCUT2D eigenvalue weighted by Crippen LogP contribution is -2.07. The van der Waals surface area contributed by atoms with Crippen molar-refractivity contribution in [1.82, 2.24) is 0 Å². The van der Waals surface area contributed by atoms with Gasteiger partial charge >= 0.3 is 6.18 Å². The molecule has 0 atom stereocenters. The molecule has 0 fully saturated rings. The molecule has 3 nitrogen and oxygen atoms in total. The predicted molar refractivity (Wildman–Crippen MR) is 89.1 cm³/mol. The minimum Gasteiger partial charge on any atom is -0.496 e. The second kappa shape index (κ2) is 5.24. The molecule has 4 aromatic rings. The Morgan fingerprint density at radius 1 is 0.960 bits per heavy atom. The Labute approximate surface area is 139 Å².